The largest absolute Gasteiger partial charge is 0.339 e. The highest BCUT2D eigenvalue weighted by Gasteiger charge is 2.22. The summed E-state index contributed by atoms with van der Waals surface area (Å²) in [5.74, 6) is 0.176. The van der Waals surface area contributed by atoms with E-state index in [1.54, 1.807) is 4.90 Å². The fourth-order valence-corrected chi connectivity index (χ4v) is 1.95. The first-order valence-corrected chi connectivity index (χ1v) is 6.83. The first kappa shape index (κ1) is 16.9. The van der Waals surface area contributed by atoms with E-state index in [9.17, 15) is 4.79 Å². The first-order valence-electron chi connectivity index (χ1n) is 6.83. The predicted octanol–water partition coefficient (Wildman–Crippen LogP) is 2.29. The van der Waals surface area contributed by atoms with E-state index in [0.717, 1.165) is 19.3 Å². The number of carbonyl (C=O) groups is 1. The molecule has 0 aliphatic rings. The quantitative estimate of drug-likeness (QED) is 0.721. The van der Waals surface area contributed by atoms with Crippen LogP contribution in [-0.4, -0.2) is 29.4 Å². The highest BCUT2D eigenvalue weighted by Crippen LogP contribution is 2.14. The van der Waals surface area contributed by atoms with Crippen LogP contribution in [0.3, 0.4) is 0 Å². The fraction of sp³-hybridized carbons (Fsp3) is 0.857. The van der Waals surface area contributed by atoms with Crippen LogP contribution in [0.2, 0.25) is 0 Å². The maximum absolute atomic E-state index is 12.3. The van der Waals surface area contributed by atoms with Crippen molar-refractivity contribution < 1.29 is 4.79 Å². The van der Waals surface area contributed by atoms with Crippen molar-refractivity contribution in [2.75, 3.05) is 6.54 Å². The van der Waals surface area contributed by atoms with Gasteiger partial charge in [-0.15, -0.1) is 0 Å². The number of hydrogen-bond donors (Lipinski definition) is 1. The van der Waals surface area contributed by atoms with E-state index in [1.807, 2.05) is 27.7 Å². The molecule has 104 valence electrons. The summed E-state index contributed by atoms with van der Waals surface area (Å²) in [4.78, 5) is 14.1. The Kier molecular flexibility index (Phi) is 8.40. The summed E-state index contributed by atoms with van der Waals surface area (Å²) in [6.45, 7) is 8.46. The van der Waals surface area contributed by atoms with Gasteiger partial charge in [0.05, 0.1) is 12.5 Å². The summed E-state index contributed by atoms with van der Waals surface area (Å²) in [7, 11) is 0. The number of nitriles is 1. The molecule has 2 unspecified atom stereocenters. The molecule has 0 heterocycles. The van der Waals surface area contributed by atoms with Crippen LogP contribution in [0.5, 0.6) is 0 Å². The van der Waals surface area contributed by atoms with Gasteiger partial charge >= 0.3 is 0 Å². The predicted molar refractivity (Wildman–Crippen MR) is 73.7 cm³/mol. The number of nitrogens with zero attached hydrogens (tertiary/aromatic N) is 2. The molecule has 0 bridgehead atoms. The second kappa shape index (κ2) is 8.93. The molecule has 4 heteroatoms. The van der Waals surface area contributed by atoms with Crippen molar-refractivity contribution in [1.82, 2.24) is 4.90 Å². The van der Waals surface area contributed by atoms with Crippen molar-refractivity contribution in [3.05, 3.63) is 0 Å². The Bertz CT molecular complexity index is 281. The fourth-order valence-electron chi connectivity index (χ4n) is 1.95. The van der Waals surface area contributed by atoms with Gasteiger partial charge in [-0.05, 0) is 33.6 Å². The third-order valence-corrected chi connectivity index (χ3v) is 3.09. The molecule has 0 fully saturated rings. The lowest BCUT2D eigenvalue weighted by Gasteiger charge is -2.28. The van der Waals surface area contributed by atoms with E-state index in [4.69, 9.17) is 11.0 Å². The standard InChI is InChI=1S/C14H27N3O/c1-11(2)17(10-6-9-15)14(18)12(3)7-5-8-13(4)16/h11-13H,5-8,10,16H2,1-4H3. The SMILES string of the molecule is CC(N)CCCC(C)C(=O)N(CCC#N)C(C)C. The van der Waals surface area contributed by atoms with Gasteiger partial charge in [0.2, 0.25) is 5.91 Å². The summed E-state index contributed by atoms with van der Waals surface area (Å²) in [6.07, 6.45) is 3.21. The van der Waals surface area contributed by atoms with Crippen LogP contribution < -0.4 is 5.73 Å². The van der Waals surface area contributed by atoms with Crippen molar-refractivity contribution in [2.45, 2.75) is 65.5 Å². The van der Waals surface area contributed by atoms with Gasteiger partial charge in [0.15, 0.2) is 0 Å². The smallest absolute Gasteiger partial charge is 0.225 e. The Hall–Kier alpha value is -1.08. The summed E-state index contributed by atoms with van der Waals surface area (Å²) in [5.41, 5.74) is 5.70. The molecular formula is C14H27N3O. The average molecular weight is 253 g/mol. The van der Waals surface area contributed by atoms with Crippen molar-refractivity contribution in [1.29, 1.82) is 5.26 Å². The zero-order valence-corrected chi connectivity index (χ0v) is 12.1. The average Bonchev–Trinajstić information content (AvgIpc) is 2.28. The molecular weight excluding hydrogens is 226 g/mol. The van der Waals surface area contributed by atoms with Crippen LogP contribution in [-0.2, 0) is 4.79 Å². The van der Waals surface area contributed by atoms with Crippen LogP contribution in [0.4, 0.5) is 0 Å². The third kappa shape index (κ3) is 6.61. The van der Waals surface area contributed by atoms with Crippen molar-refractivity contribution >= 4 is 5.91 Å². The molecule has 0 saturated carbocycles. The number of carbonyl (C=O) groups excluding carboxylic acids is 1. The third-order valence-electron chi connectivity index (χ3n) is 3.09. The number of rotatable bonds is 8. The van der Waals surface area contributed by atoms with Gasteiger partial charge in [-0.2, -0.15) is 5.26 Å². The normalized spacial score (nSPS) is 14.1. The second-order valence-corrected chi connectivity index (χ2v) is 5.34. The van der Waals surface area contributed by atoms with E-state index < -0.39 is 0 Å². The highest BCUT2D eigenvalue weighted by molar-refractivity contribution is 5.78. The molecule has 0 saturated heterocycles. The van der Waals surface area contributed by atoms with Gasteiger partial charge in [-0.25, -0.2) is 0 Å². The molecule has 0 aromatic heterocycles. The van der Waals surface area contributed by atoms with Gasteiger partial charge in [0, 0.05) is 24.5 Å². The van der Waals surface area contributed by atoms with E-state index in [-0.39, 0.29) is 23.9 Å². The Balaban J connectivity index is 4.25. The number of hydrogen-bond acceptors (Lipinski definition) is 3. The maximum atomic E-state index is 12.3. The Morgan fingerprint density at radius 2 is 1.89 bits per heavy atom. The van der Waals surface area contributed by atoms with Crippen LogP contribution in [0.1, 0.15) is 53.4 Å². The van der Waals surface area contributed by atoms with Gasteiger partial charge in [0.1, 0.15) is 0 Å². The topological polar surface area (TPSA) is 70.1 Å². The monoisotopic (exact) mass is 253 g/mol. The van der Waals surface area contributed by atoms with E-state index >= 15 is 0 Å². The Morgan fingerprint density at radius 1 is 1.28 bits per heavy atom. The summed E-state index contributed by atoms with van der Waals surface area (Å²) >= 11 is 0. The first-order chi connectivity index (χ1) is 8.40. The van der Waals surface area contributed by atoms with Gasteiger partial charge < -0.3 is 10.6 Å². The molecule has 18 heavy (non-hydrogen) atoms. The zero-order valence-electron chi connectivity index (χ0n) is 12.1. The molecule has 0 aromatic carbocycles. The molecule has 0 aromatic rings. The van der Waals surface area contributed by atoms with E-state index in [1.165, 1.54) is 0 Å². The summed E-state index contributed by atoms with van der Waals surface area (Å²) in [5, 5.41) is 8.62. The minimum absolute atomic E-state index is 0.0184. The zero-order chi connectivity index (χ0) is 14.1. The Labute approximate surface area is 111 Å². The van der Waals surface area contributed by atoms with Gasteiger partial charge in [-0.1, -0.05) is 13.3 Å². The lowest BCUT2D eigenvalue weighted by atomic mass is 10.00. The van der Waals surface area contributed by atoms with Crippen molar-refractivity contribution in [3.8, 4) is 6.07 Å². The molecule has 2 N–H and O–H groups in total. The summed E-state index contributed by atoms with van der Waals surface area (Å²) < 4.78 is 0. The molecule has 0 aliphatic carbocycles. The lowest BCUT2D eigenvalue weighted by Crippen LogP contribution is -2.40. The van der Waals surface area contributed by atoms with E-state index in [2.05, 4.69) is 6.07 Å². The number of amides is 1. The second-order valence-electron chi connectivity index (χ2n) is 5.34. The van der Waals surface area contributed by atoms with Crippen molar-refractivity contribution in [2.24, 2.45) is 11.7 Å². The lowest BCUT2D eigenvalue weighted by molar-refractivity contribution is -0.136. The van der Waals surface area contributed by atoms with Crippen molar-refractivity contribution in [3.63, 3.8) is 0 Å². The van der Waals surface area contributed by atoms with Gasteiger partial charge in [0.25, 0.3) is 0 Å². The number of nitrogens with two attached hydrogens (primary N) is 1. The van der Waals surface area contributed by atoms with Crippen LogP contribution in [0, 0.1) is 17.2 Å². The Morgan fingerprint density at radius 3 is 2.33 bits per heavy atom. The molecule has 0 spiro atoms. The molecule has 4 nitrogen and oxygen atoms in total. The highest BCUT2D eigenvalue weighted by atomic mass is 16.2. The van der Waals surface area contributed by atoms with Crippen LogP contribution >= 0.6 is 0 Å². The molecule has 0 aliphatic heterocycles. The molecule has 0 rings (SSSR count). The molecule has 0 radical (unpaired) electrons. The minimum Gasteiger partial charge on any atom is -0.339 e. The minimum atomic E-state index is 0.0184. The summed E-state index contributed by atoms with van der Waals surface area (Å²) in [6, 6.07) is 2.45. The van der Waals surface area contributed by atoms with Crippen LogP contribution in [0.25, 0.3) is 0 Å². The van der Waals surface area contributed by atoms with Crippen LogP contribution in [0.15, 0.2) is 0 Å². The van der Waals surface area contributed by atoms with E-state index in [0.29, 0.717) is 13.0 Å². The maximum Gasteiger partial charge on any atom is 0.225 e. The van der Waals surface area contributed by atoms with Gasteiger partial charge in [-0.3, -0.25) is 4.79 Å². The molecule has 1 amide bonds. The molecule has 2 atom stereocenters.